The fourth-order valence-electron chi connectivity index (χ4n) is 2.82. The third-order valence-electron chi connectivity index (χ3n) is 3.83. The summed E-state index contributed by atoms with van der Waals surface area (Å²) in [6.45, 7) is 10.9. The highest BCUT2D eigenvalue weighted by molar-refractivity contribution is 5.80. The van der Waals surface area contributed by atoms with Crippen LogP contribution in [0.1, 0.15) is 53.9 Å². The van der Waals surface area contributed by atoms with E-state index in [9.17, 15) is 9.90 Å². The van der Waals surface area contributed by atoms with Gasteiger partial charge in [-0.15, -0.1) is 0 Å². The number of rotatable bonds is 4. The largest absolute Gasteiger partial charge is 0.389 e. The Kier molecular flexibility index (Phi) is 4.23. The van der Waals surface area contributed by atoms with Crippen molar-refractivity contribution >= 4 is 5.91 Å². The van der Waals surface area contributed by atoms with Crippen molar-refractivity contribution in [3.8, 4) is 0 Å². The van der Waals surface area contributed by atoms with E-state index in [0.29, 0.717) is 13.1 Å². The summed E-state index contributed by atoms with van der Waals surface area (Å²) >= 11 is 0. The van der Waals surface area contributed by atoms with E-state index in [0.717, 1.165) is 19.3 Å². The Labute approximate surface area is 105 Å². The summed E-state index contributed by atoms with van der Waals surface area (Å²) in [5, 5.41) is 9.85. The second-order valence-corrected chi connectivity index (χ2v) is 6.60. The Bertz CT molecular complexity index is 278. The Morgan fingerprint density at radius 2 is 2.06 bits per heavy atom. The van der Waals surface area contributed by atoms with Crippen molar-refractivity contribution in [1.82, 2.24) is 4.90 Å². The lowest BCUT2D eigenvalue weighted by molar-refractivity contribution is -0.141. The lowest BCUT2D eigenvalue weighted by Gasteiger charge is -2.34. The fourth-order valence-corrected chi connectivity index (χ4v) is 2.82. The topological polar surface area (TPSA) is 40.5 Å². The van der Waals surface area contributed by atoms with Crippen molar-refractivity contribution in [3.63, 3.8) is 0 Å². The second kappa shape index (κ2) is 4.97. The minimum absolute atomic E-state index is 0.115. The van der Waals surface area contributed by atoms with Crippen LogP contribution >= 0.6 is 0 Å². The molecule has 0 aromatic rings. The zero-order valence-corrected chi connectivity index (χ0v) is 11.9. The first-order chi connectivity index (χ1) is 7.67. The van der Waals surface area contributed by atoms with Crippen molar-refractivity contribution in [2.45, 2.75) is 59.5 Å². The SMILES string of the molecule is CCN(CC(C)(C)O)C(=O)C1CCCC1(C)C. The second-order valence-electron chi connectivity index (χ2n) is 6.60. The van der Waals surface area contributed by atoms with E-state index in [1.807, 2.05) is 6.92 Å². The first kappa shape index (κ1) is 14.5. The number of carbonyl (C=O) groups is 1. The van der Waals surface area contributed by atoms with Crippen molar-refractivity contribution < 1.29 is 9.90 Å². The number of nitrogens with zero attached hydrogens (tertiary/aromatic N) is 1. The Morgan fingerprint density at radius 1 is 1.47 bits per heavy atom. The van der Waals surface area contributed by atoms with Crippen molar-refractivity contribution in [2.75, 3.05) is 13.1 Å². The third kappa shape index (κ3) is 3.70. The molecule has 0 aromatic heterocycles. The molecule has 1 N–H and O–H groups in total. The standard InChI is InChI=1S/C14H27NO2/c1-6-15(10-14(4,5)17)12(16)11-8-7-9-13(11,2)3/h11,17H,6-10H2,1-5H3. The molecule has 1 atom stereocenters. The number of carbonyl (C=O) groups excluding carboxylic acids is 1. The van der Waals surface area contributed by atoms with Gasteiger partial charge < -0.3 is 10.0 Å². The van der Waals surface area contributed by atoms with Crippen molar-refractivity contribution in [1.29, 1.82) is 0 Å². The normalized spacial score (nSPS) is 23.8. The average Bonchev–Trinajstić information content (AvgIpc) is 2.52. The molecule has 0 radical (unpaired) electrons. The van der Waals surface area contributed by atoms with Crippen LogP contribution in [0.5, 0.6) is 0 Å². The van der Waals surface area contributed by atoms with E-state index in [2.05, 4.69) is 13.8 Å². The van der Waals surface area contributed by atoms with Crippen LogP contribution in [0.25, 0.3) is 0 Å². The number of hydrogen-bond acceptors (Lipinski definition) is 2. The highest BCUT2D eigenvalue weighted by atomic mass is 16.3. The molecular formula is C14H27NO2. The molecule has 3 heteroatoms. The van der Waals surface area contributed by atoms with Gasteiger partial charge in [0.05, 0.1) is 5.60 Å². The molecule has 0 bridgehead atoms. The Morgan fingerprint density at radius 3 is 2.41 bits per heavy atom. The molecule has 1 rings (SSSR count). The summed E-state index contributed by atoms with van der Waals surface area (Å²) < 4.78 is 0. The van der Waals surface area contributed by atoms with Crippen LogP contribution in [-0.2, 0) is 4.79 Å². The quantitative estimate of drug-likeness (QED) is 0.821. The van der Waals surface area contributed by atoms with Crippen molar-refractivity contribution in [2.24, 2.45) is 11.3 Å². The maximum atomic E-state index is 12.5. The number of aliphatic hydroxyl groups is 1. The summed E-state index contributed by atoms with van der Waals surface area (Å²) in [6.07, 6.45) is 3.27. The Hall–Kier alpha value is -0.570. The average molecular weight is 241 g/mol. The molecule has 0 spiro atoms. The number of hydrogen-bond donors (Lipinski definition) is 1. The molecule has 0 aliphatic heterocycles. The van der Waals surface area contributed by atoms with Gasteiger partial charge in [0, 0.05) is 19.0 Å². The summed E-state index contributed by atoms with van der Waals surface area (Å²) in [6, 6.07) is 0. The monoisotopic (exact) mass is 241 g/mol. The molecule has 0 aromatic carbocycles. The lowest BCUT2D eigenvalue weighted by Crippen LogP contribution is -2.46. The van der Waals surface area contributed by atoms with Gasteiger partial charge in [-0.25, -0.2) is 0 Å². The van der Waals surface area contributed by atoms with Gasteiger partial charge in [-0.1, -0.05) is 20.3 Å². The summed E-state index contributed by atoms with van der Waals surface area (Å²) in [4.78, 5) is 14.3. The highest BCUT2D eigenvalue weighted by Gasteiger charge is 2.41. The molecule has 1 amide bonds. The smallest absolute Gasteiger partial charge is 0.226 e. The van der Waals surface area contributed by atoms with E-state index in [4.69, 9.17) is 0 Å². The van der Waals surface area contributed by atoms with E-state index in [1.165, 1.54) is 0 Å². The minimum Gasteiger partial charge on any atom is -0.389 e. The van der Waals surface area contributed by atoms with Crippen LogP contribution in [0.3, 0.4) is 0 Å². The fraction of sp³-hybridized carbons (Fsp3) is 0.929. The maximum absolute atomic E-state index is 12.5. The van der Waals surface area contributed by atoms with E-state index in [-0.39, 0.29) is 17.2 Å². The molecule has 1 aliphatic rings. The Balaban J connectivity index is 2.73. The summed E-state index contributed by atoms with van der Waals surface area (Å²) in [5.41, 5.74) is -0.696. The molecule has 17 heavy (non-hydrogen) atoms. The van der Waals surface area contributed by atoms with Gasteiger partial charge in [0.1, 0.15) is 0 Å². The number of amides is 1. The number of likely N-dealkylation sites (N-methyl/N-ethyl adjacent to an activating group) is 1. The molecular weight excluding hydrogens is 214 g/mol. The predicted octanol–water partition coefficient (Wildman–Crippen LogP) is 2.43. The van der Waals surface area contributed by atoms with Gasteiger partial charge in [0.25, 0.3) is 0 Å². The highest BCUT2D eigenvalue weighted by Crippen LogP contribution is 2.43. The first-order valence-electron chi connectivity index (χ1n) is 6.68. The molecule has 1 fully saturated rings. The molecule has 1 saturated carbocycles. The third-order valence-corrected chi connectivity index (χ3v) is 3.83. The molecule has 1 unspecified atom stereocenters. The molecule has 1 aliphatic carbocycles. The van der Waals surface area contributed by atoms with Gasteiger partial charge in [0.2, 0.25) is 5.91 Å². The van der Waals surface area contributed by atoms with Crippen LogP contribution in [0, 0.1) is 11.3 Å². The zero-order valence-electron chi connectivity index (χ0n) is 11.9. The summed E-state index contributed by atoms with van der Waals surface area (Å²) in [5.74, 6) is 0.349. The molecule has 100 valence electrons. The van der Waals surface area contributed by atoms with Crippen molar-refractivity contribution in [3.05, 3.63) is 0 Å². The van der Waals surface area contributed by atoms with E-state index in [1.54, 1.807) is 18.7 Å². The van der Waals surface area contributed by atoms with E-state index < -0.39 is 5.60 Å². The predicted molar refractivity (Wildman–Crippen MR) is 69.7 cm³/mol. The van der Waals surface area contributed by atoms with Crippen LogP contribution in [0.15, 0.2) is 0 Å². The van der Waals surface area contributed by atoms with Crippen LogP contribution in [-0.4, -0.2) is 34.6 Å². The van der Waals surface area contributed by atoms with Gasteiger partial charge in [-0.3, -0.25) is 4.79 Å². The molecule has 0 heterocycles. The minimum atomic E-state index is -0.811. The maximum Gasteiger partial charge on any atom is 0.226 e. The van der Waals surface area contributed by atoms with Crippen LogP contribution in [0.4, 0.5) is 0 Å². The zero-order chi connectivity index (χ0) is 13.3. The summed E-state index contributed by atoms with van der Waals surface area (Å²) in [7, 11) is 0. The molecule has 0 saturated heterocycles. The van der Waals surface area contributed by atoms with Crippen LogP contribution in [0.2, 0.25) is 0 Å². The van der Waals surface area contributed by atoms with Gasteiger partial charge in [0.15, 0.2) is 0 Å². The van der Waals surface area contributed by atoms with Gasteiger partial charge in [-0.2, -0.15) is 0 Å². The lowest BCUT2D eigenvalue weighted by atomic mass is 9.81. The van der Waals surface area contributed by atoms with Gasteiger partial charge in [-0.05, 0) is 39.0 Å². The van der Waals surface area contributed by atoms with Crippen LogP contribution < -0.4 is 0 Å². The van der Waals surface area contributed by atoms with Gasteiger partial charge >= 0.3 is 0 Å². The van der Waals surface area contributed by atoms with E-state index >= 15 is 0 Å². The molecule has 3 nitrogen and oxygen atoms in total. The first-order valence-corrected chi connectivity index (χ1v) is 6.68.